The molecule has 2 aromatic carbocycles. The van der Waals surface area contributed by atoms with Crippen LogP contribution in [0.2, 0.25) is 5.02 Å². The molecule has 3 aromatic rings. The Morgan fingerprint density at radius 3 is 2.82 bits per heavy atom. The van der Waals surface area contributed by atoms with Crippen molar-refractivity contribution in [1.82, 2.24) is 14.9 Å². The predicted molar refractivity (Wildman–Crippen MR) is 109 cm³/mol. The van der Waals surface area contributed by atoms with Crippen LogP contribution in [0.3, 0.4) is 0 Å². The second-order valence-corrected chi connectivity index (χ2v) is 6.82. The Labute approximate surface area is 168 Å². The van der Waals surface area contributed by atoms with Crippen LogP contribution in [-0.2, 0) is 4.79 Å². The third-order valence-electron chi connectivity index (χ3n) is 3.35. The monoisotopic (exact) mass is 419 g/mol. The summed E-state index contributed by atoms with van der Waals surface area (Å²) in [5.41, 5.74) is 3.89. The van der Waals surface area contributed by atoms with E-state index in [4.69, 9.17) is 17.4 Å². The third kappa shape index (κ3) is 5.44. The summed E-state index contributed by atoms with van der Waals surface area (Å²) >= 11 is 6.91. The van der Waals surface area contributed by atoms with E-state index in [0.29, 0.717) is 15.9 Å². The van der Waals surface area contributed by atoms with Crippen molar-refractivity contribution in [3.8, 4) is 0 Å². The minimum atomic E-state index is -0.429. The number of carbonyl (C=O) groups excluding carboxylic acids is 1. The van der Waals surface area contributed by atoms with Gasteiger partial charge in [0.25, 0.3) is 5.95 Å². The molecule has 11 heteroatoms. The number of carbonyl (C=O) groups is 1. The first-order chi connectivity index (χ1) is 13.5. The van der Waals surface area contributed by atoms with Crippen molar-refractivity contribution in [2.24, 2.45) is 5.10 Å². The number of thioether (sulfide) groups is 1. The molecule has 0 atom stereocenters. The predicted octanol–water partition coefficient (Wildman–Crippen LogP) is 2.96. The molecule has 8 nitrogen and oxygen atoms in total. The number of aromatic nitrogens is 3. The Bertz CT molecular complexity index is 993. The number of hydrazone groups is 1. The fourth-order valence-corrected chi connectivity index (χ4v) is 2.84. The van der Waals surface area contributed by atoms with Crippen molar-refractivity contribution in [3.05, 3.63) is 64.9 Å². The first-order valence-electron chi connectivity index (χ1n) is 7.94. The molecule has 28 heavy (non-hydrogen) atoms. The highest BCUT2D eigenvalue weighted by atomic mass is 35.5. The summed E-state index contributed by atoms with van der Waals surface area (Å²) in [5, 5.41) is 15.3. The molecule has 0 aliphatic rings. The second-order valence-electron chi connectivity index (χ2n) is 5.44. The molecule has 1 amide bonds. The number of hydrogen-bond donors (Lipinski definition) is 3. The van der Waals surface area contributed by atoms with Crippen LogP contribution in [0.1, 0.15) is 5.56 Å². The molecule has 4 N–H and O–H groups in total. The van der Waals surface area contributed by atoms with E-state index in [2.05, 4.69) is 26.0 Å². The molecule has 3 rings (SSSR count). The summed E-state index contributed by atoms with van der Waals surface area (Å²) in [4.78, 5) is 12.0. The fourth-order valence-electron chi connectivity index (χ4n) is 2.06. The molecule has 1 heterocycles. The van der Waals surface area contributed by atoms with Crippen LogP contribution in [0, 0.1) is 5.82 Å². The number of nitrogens with zero attached hydrogens (tertiary/aromatic N) is 4. The molecule has 0 saturated heterocycles. The number of anilines is 2. The largest absolute Gasteiger partial charge is 0.334 e. The molecule has 0 fully saturated rings. The van der Waals surface area contributed by atoms with Gasteiger partial charge >= 0.3 is 0 Å². The average molecular weight is 420 g/mol. The van der Waals surface area contributed by atoms with Crippen molar-refractivity contribution >= 4 is 47.1 Å². The van der Waals surface area contributed by atoms with Crippen LogP contribution in [0.4, 0.5) is 16.0 Å². The topological polar surface area (TPSA) is 110 Å². The van der Waals surface area contributed by atoms with Crippen molar-refractivity contribution < 1.29 is 9.18 Å². The van der Waals surface area contributed by atoms with Gasteiger partial charge in [0.1, 0.15) is 5.82 Å². The number of nitrogen functional groups attached to an aromatic ring is 1. The van der Waals surface area contributed by atoms with Gasteiger partial charge in [0, 0.05) is 10.7 Å². The zero-order valence-corrected chi connectivity index (χ0v) is 15.9. The van der Waals surface area contributed by atoms with E-state index in [1.807, 2.05) is 0 Å². The number of hydrogen-bond acceptors (Lipinski definition) is 7. The Balaban J connectivity index is 1.52. The molecule has 0 spiro atoms. The number of benzene rings is 2. The minimum absolute atomic E-state index is 0.0277. The molecule has 0 bridgehead atoms. The van der Waals surface area contributed by atoms with Gasteiger partial charge in [-0.15, -0.1) is 10.2 Å². The molecule has 0 radical (unpaired) electrons. The zero-order chi connectivity index (χ0) is 19.9. The maximum absolute atomic E-state index is 13.1. The third-order valence-corrected chi connectivity index (χ3v) is 4.55. The highest BCUT2D eigenvalue weighted by Gasteiger charge is 2.12. The Kier molecular flexibility index (Phi) is 6.45. The SMILES string of the molecule is Nn1c(N/N=C/c2ccc(Cl)cc2)nnc1SCC(=O)Nc1cccc(F)c1. The number of nitrogens with one attached hydrogen (secondary N) is 2. The van der Waals surface area contributed by atoms with Gasteiger partial charge in [0.05, 0.1) is 12.0 Å². The first kappa shape index (κ1) is 19.6. The Hall–Kier alpha value is -3.11. The fraction of sp³-hybridized carbons (Fsp3) is 0.0588. The van der Waals surface area contributed by atoms with Gasteiger partial charge in [-0.2, -0.15) is 5.10 Å². The Morgan fingerprint density at radius 1 is 1.29 bits per heavy atom. The summed E-state index contributed by atoms with van der Waals surface area (Å²) < 4.78 is 14.3. The molecule has 0 aliphatic heterocycles. The number of rotatable bonds is 7. The van der Waals surface area contributed by atoms with Gasteiger partial charge in [0.2, 0.25) is 11.1 Å². The zero-order valence-electron chi connectivity index (χ0n) is 14.3. The van der Waals surface area contributed by atoms with E-state index in [1.165, 1.54) is 22.9 Å². The summed E-state index contributed by atoms with van der Waals surface area (Å²) in [5.74, 6) is 5.38. The van der Waals surface area contributed by atoms with Crippen molar-refractivity contribution in [3.63, 3.8) is 0 Å². The highest BCUT2D eigenvalue weighted by Crippen LogP contribution is 2.17. The minimum Gasteiger partial charge on any atom is -0.334 e. The normalized spacial score (nSPS) is 10.9. The van der Waals surface area contributed by atoms with Gasteiger partial charge < -0.3 is 11.2 Å². The summed E-state index contributed by atoms with van der Waals surface area (Å²) in [6.45, 7) is 0. The summed E-state index contributed by atoms with van der Waals surface area (Å²) in [6.07, 6.45) is 1.57. The van der Waals surface area contributed by atoms with Crippen LogP contribution in [-0.4, -0.2) is 32.7 Å². The van der Waals surface area contributed by atoms with Crippen molar-refractivity contribution in [2.75, 3.05) is 22.3 Å². The van der Waals surface area contributed by atoms with Crippen LogP contribution < -0.4 is 16.6 Å². The number of nitrogens with two attached hydrogens (primary N) is 1. The molecule has 0 saturated carbocycles. The average Bonchev–Trinajstić information content (AvgIpc) is 3.02. The van der Waals surface area contributed by atoms with Crippen LogP contribution >= 0.6 is 23.4 Å². The van der Waals surface area contributed by atoms with Crippen molar-refractivity contribution in [1.29, 1.82) is 0 Å². The van der Waals surface area contributed by atoms with Gasteiger partial charge in [-0.1, -0.05) is 41.6 Å². The second kappa shape index (κ2) is 9.20. The summed E-state index contributed by atoms with van der Waals surface area (Å²) in [6, 6.07) is 12.7. The standard InChI is InChI=1S/C17H15ClFN7OS/c18-12-6-4-11(5-7-12)9-21-23-16-24-25-17(26(16)20)28-10-15(27)22-14-3-1-2-13(19)8-14/h1-9H,10,20H2,(H,22,27)(H,23,24)/b21-9+. The molecular weight excluding hydrogens is 405 g/mol. The lowest BCUT2D eigenvalue weighted by atomic mass is 10.2. The van der Waals surface area contributed by atoms with E-state index in [-0.39, 0.29) is 17.6 Å². The first-order valence-corrected chi connectivity index (χ1v) is 9.31. The molecule has 0 aliphatic carbocycles. The maximum Gasteiger partial charge on any atom is 0.264 e. The van der Waals surface area contributed by atoms with E-state index in [9.17, 15) is 9.18 Å². The summed E-state index contributed by atoms with van der Waals surface area (Å²) in [7, 11) is 0. The van der Waals surface area contributed by atoms with Gasteiger partial charge in [-0.3, -0.25) is 4.79 Å². The maximum atomic E-state index is 13.1. The molecule has 0 unspecified atom stereocenters. The number of amides is 1. The molecular formula is C17H15ClFN7OS. The van der Waals surface area contributed by atoms with Gasteiger partial charge in [0.15, 0.2) is 0 Å². The van der Waals surface area contributed by atoms with E-state index >= 15 is 0 Å². The lowest BCUT2D eigenvalue weighted by Gasteiger charge is -2.05. The van der Waals surface area contributed by atoms with Crippen LogP contribution in [0.5, 0.6) is 0 Å². The lowest BCUT2D eigenvalue weighted by Crippen LogP contribution is -2.17. The number of halogens is 2. The lowest BCUT2D eigenvalue weighted by molar-refractivity contribution is -0.113. The van der Waals surface area contributed by atoms with Gasteiger partial charge in [-0.25, -0.2) is 14.5 Å². The smallest absolute Gasteiger partial charge is 0.264 e. The van der Waals surface area contributed by atoms with E-state index < -0.39 is 5.82 Å². The molecule has 1 aromatic heterocycles. The van der Waals surface area contributed by atoms with E-state index in [1.54, 1.807) is 36.5 Å². The van der Waals surface area contributed by atoms with E-state index in [0.717, 1.165) is 17.3 Å². The quantitative estimate of drug-likeness (QED) is 0.235. The highest BCUT2D eigenvalue weighted by molar-refractivity contribution is 7.99. The Morgan fingerprint density at radius 2 is 2.07 bits per heavy atom. The van der Waals surface area contributed by atoms with Crippen LogP contribution in [0.25, 0.3) is 0 Å². The van der Waals surface area contributed by atoms with Crippen LogP contribution in [0.15, 0.2) is 58.8 Å². The van der Waals surface area contributed by atoms with Crippen molar-refractivity contribution in [2.45, 2.75) is 5.16 Å². The molecule has 144 valence electrons. The van der Waals surface area contributed by atoms with Gasteiger partial charge in [-0.05, 0) is 35.9 Å².